The van der Waals surface area contributed by atoms with E-state index in [0.717, 1.165) is 12.1 Å². The molecule has 6 heteroatoms. The summed E-state index contributed by atoms with van der Waals surface area (Å²) >= 11 is 0. The van der Waals surface area contributed by atoms with E-state index in [1.54, 1.807) is 0 Å². The molecular formula is C11H9F3NO2. The Hall–Kier alpha value is -1.85. The normalized spacial score (nSPS) is 13.2. The van der Waals surface area contributed by atoms with Gasteiger partial charge in [0.05, 0.1) is 4.92 Å². The molecule has 1 rings (SSSR count). The maximum Gasteiger partial charge on any atom is 0.423 e. The molecule has 1 aromatic carbocycles. The molecule has 0 aromatic heterocycles. The fourth-order valence-electron chi connectivity index (χ4n) is 1.31. The zero-order chi connectivity index (χ0) is 13.2. The lowest BCUT2D eigenvalue weighted by atomic mass is 9.98. The summed E-state index contributed by atoms with van der Waals surface area (Å²) in [5, 5.41) is 10.5. The molecule has 1 radical (unpaired) electrons. The van der Waals surface area contributed by atoms with E-state index in [1.165, 1.54) is 12.1 Å². The molecule has 0 saturated heterocycles. The van der Waals surface area contributed by atoms with Crippen molar-refractivity contribution in [2.24, 2.45) is 0 Å². The van der Waals surface area contributed by atoms with Gasteiger partial charge in [0.2, 0.25) is 0 Å². The molecule has 0 saturated carbocycles. The average Bonchev–Trinajstić information content (AvgIpc) is 2.25. The van der Waals surface area contributed by atoms with Gasteiger partial charge in [-0.15, -0.1) is 6.58 Å². The molecule has 1 aromatic rings. The van der Waals surface area contributed by atoms with E-state index in [0.29, 0.717) is 0 Å². The molecule has 1 atom stereocenters. The van der Waals surface area contributed by atoms with Crippen molar-refractivity contribution in [1.29, 1.82) is 0 Å². The fraction of sp³-hybridized carbons (Fsp3) is 0.182. The number of alkyl halides is 3. The molecule has 1 unspecified atom stereocenters. The minimum Gasteiger partial charge on any atom is -0.258 e. The Morgan fingerprint density at radius 2 is 2.00 bits per heavy atom. The second-order valence-electron chi connectivity index (χ2n) is 3.37. The average molecular weight is 244 g/mol. The largest absolute Gasteiger partial charge is 0.423 e. The second-order valence-corrected chi connectivity index (χ2v) is 3.37. The number of nitro benzene ring substituents is 1. The van der Waals surface area contributed by atoms with Gasteiger partial charge in [0.15, 0.2) is 0 Å². The van der Waals surface area contributed by atoms with Crippen LogP contribution in [0, 0.1) is 17.0 Å². The first-order valence-electron chi connectivity index (χ1n) is 4.58. The quantitative estimate of drug-likeness (QED) is 0.462. The minimum atomic E-state index is -4.76. The number of nitro groups is 1. The molecule has 0 N–H and O–H groups in total. The standard InChI is InChI=1S/C11H9F3NO2/c1-3-7(2)8-4-5-10(15(16)17)9(6-8)11(12,13)14/h3-7H,1-2H2. The molecule has 0 aliphatic rings. The summed E-state index contributed by atoms with van der Waals surface area (Å²) in [7, 11) is 0. The molecule has 0 fully saturated rings. The topological polar surface area (TPSA) is 43.1 Å². The van der Waals surface area contributed by atoms with E-state index in [1.807, 2.05) is 0 Å². The summed E-state index contributed by atoms with van der Waals surface area (Å²) in [6, 6.07) is 2.81. The summed E-state index contributed by atoms with van der Waals surface area (Å²) in [6.07, 6.45) is -3.40. The van der Waals surface area contributed by atoms with Crippen LogP contribution in [0.2, 0.25) is 0 Å². The van der Waals surface area contributed by atoms with Crippen LogP contribution < -0.4 is 0 Å². The van der Waals surface area contributed by atoms with Gasteiger partial charge in [0, 0.05) is 12.0 Å². The Bertz CT molecular complexity index is 455. The highest BCUT2D eigenvalue weighted by atomic mass is 19.4. The van der Waals surface area contributed by atoms with Crippen LogP contribution in [-0.2, 0) is 6.18 Å². The molecule has 0 aliphatic heterocycles. The van der Waals surface area contributed by atoms with Crippen LogP contribution in [0.15, 0.2) is 30.9 Å². The van der Waals surface area contributed by atoms with Gasteiger partial charge in [-0.1, -0.05) is 12.1 Å². The van der Waals surface area contributed by atoms with E-state index >= 15 is 0 Å². The van der Waals surface area contributed by atoms with Crippen molar-refractivity contribution in [1.82, 2.24) is 0 Å². The first kappa shape index (κ1) is 13.2. The Balaban J connectivity index is 3.39. The van der Waals surface area contributed by atoms with E-state index < -0.39 is 28.3 Å². The number of allylic oxidation sites excluding steroid dienone is 1. The van der Waals surface area contributed by atoms with Crippen LogP contribution in [-0.4, -0.2) is 4.92 Å². The van der Waals surface area contributed by atoms with Crippen molar-refractivity contribution in [3.63, 3.8) is 0 Å². The van der Waals surface area contributed by atoms with Gasteiger partial charge in [-0.05, 0) is 18.6 Å². The Labute approximate surface area is 95.7 Å². The second kappa shape index (κ2) is 4.57. The molecule has 3 nitrogen and oxygen atoms in total. The zero-order valence-electron chi connectivity index (χ0n) is 8.70. The first-order chi connectivity index (χ1) is 7.77. The number of halogens is 3. The monoisotopic (exact) mass is 244 g/mol. The molecule has 91 valence electrons. The molecule has 0 bridgehead atoms. The van der Waals surface area contributed by atoms with E-state index in [9.17, 15) is 23.3 Å². The van der Waals surface area contributed by atoms with Crippen molar-refractivity contribution < 1.29 is 18.1 Å². The maximum atomic E-state index is 12.6. The van der Waals surface area contributed by atoms with E-state index in [2.05, 4.69) is 13.5 Å². The zero-order valence-corrected chi connectivity index (χ0v) is 8.70. The Morgan fingerprint density at radius 3 is 2.41 bits per heavy atom. The predicted molar refractivity (Wildman–Crippen MR) is 56.4 cm³/mol. The van der Waals surface area contributed by atoms with E-state index in [4.69, 9.17) is 0 Å². The first-order valence-corrected chi connectivity index (χ1v) is 4.58. The number of hydrogen-bond donors (Lipinski definition) is 0. The van der Waals surface area contributed by atoms with Crippen LogP contribution >= 0.6 is 0 Å². The molecule has 0 amide bonds. The predicted octanol–water partition coefficient (Wildman–Crippen LogP) is 3.72. The highest BCUT2D eigenvalue weighted by molar-refractivity contribution is 5.46. The van der Waals surface area contributed by atoms with Gasteiger partial charge in [-0.25, -0.2) is 0 Å². The summed E-state index contributed by atoms with van der Waals surface area (Å²) in [5.41, 5.74) is -1.99. The van der Waals surface area contributed by atoms with Crippen molar-refractivity contribution in [2.75, 3.05) is 0 Å². The van der Waals surface area contributed by atoms with Gasteiger partial charge in [0.1, 0.15) is 5.56 Å². The van der Waals surface area contributed by atoms with Crippen molar-refractivity contribution in [3.05, 3.63) is 59.0 Å². The van der Waals surface area contributed by atoms with Gasteiger partial charge < -0.3 is 0 Å². The highest BCUT2D eigenvalue weighted by Crippen LogP contribution is 2.37. The van der Waals surface area contributed by atoms with Gasteiger partial charge in [-0.3, -0.25) is 10.1 Å². The van der Waals surface area contributed by atoms with E-state index in [-0.39, 0.29) is 5.56 Å². The number of rotatable bonds is 3. The van der Waals surface area contributed by atoms with Gasteiger partial charge >= 0.3 is 6.18 Å². The molecular weight excluding hydrogens is 235 g/mol. The number of benzene rings is 1. The molecule has 0 spiro atoms. The Kier molecular flexibility index (Phi) is 3.55. The van der Waals surface area contributed by atoms with Gasteiger partial charge in [-0.2, -0.15) is 13.2 Å². The fourth-order valence-corrected chi connectivity index (χ4v) is 1.31. The third kappa shape index (κ3) is 2.83. The SMILES string of the molecule is [CH2]C(C=C)c1ccc([N+](=O)[O-])c(C(F)(F)F)c1. The van der Waals surface area contributed by atoms with Crippen LogP contribution in [0.1, 0.15) is 17.0 Å². The molecule has 17 heavy (non-hydrogen) atoms. The lowest BCUT2D eigenvalue weighted by Gasteiger charge is -2.11. The lowest BCUT2D eigenvalue weighted by Crippen LogP contribution is -2.10. The smallest absolute Gasteiger partial charge is 0.258 e. The van der Waals surface area contributed by atoms with Crippen LogP contribution in [0.4, 0.5) is 18.9 Å². The number of hydrogen-bond acceptors (Lipinski definition) is 2. The van der Waals surface area contributed by atoms with Crippen molar-refractivity contribution in [3.8, 4) is 0 Å². The minimum absolute atomic E-state index is 0.234. The van der Waals surface area contributed by atoms with Crippen LogP contribution in [0.25, 0.3) is 0 Å². The maximum absolute atomic E-state index is 12.6. The summed E-state index contributed by atoms with van der Waals surface area (Å²) < 4.78 is 37.8. The van der Waals surface area contributed by atoms with Crippen LogP contribution in [0.3, 0.4) is 0 Å². The molecule has 0 heterocycles. The summed E-state index contributed by atoms with van der Waals surface area (Å²) in [6.45, 7) is 6.98. The van der Waals surface area contributed by atoms with Crippen molar-refractivity contribution >= 4 is 5.69 Å². The van der Waals surface area contributed by atoms with Gasteiger partial charge in [0.25, 0.3) is 5.69 Å². The lowest BCUT2D eigenvalue weighted by molar-refractivity contribution is -0.388. The summed E-state index contributed by atoms with van der Waals surface area (Å²) in [4.78, 5) is 9.43. The summed E-state index contributed by atoms with van der Waals surface area (Å²) in [5.74, 6) is -0.545. The Morgan fingerprint density at radius 1 is 1.41 bits per heavy atom. The third-order valence-corrected chi connectivity index (χ3v) is 2.24. The molecule has 0 aliphatic carbocycles. The van der Waals surface area contributed by atoms with Crippen molar-refractivity contribution in [2.45, 2.75) is 12.1 Å². The van der Waals surface area contributed by atoms with Crippen LogP contribution in [0.5, 0.6) is 0 Å². The number of nitrogens with zero attached hydrogens (tertiary/aromatic N) is 1. The highest BCUT2D eigenvalue weighted by Gasteiger charge is 2.38. The third-order valence-electron chi connectivity index (χ3n) is 2.24.